The highest BCUT2D eigenvalue weighted by atomic mass is 16.0. The number of anilines is 3. The molecule has 0 saturated carbocycles. The fraction of sp³-hybridized carbons (Fsp3) is 0. The Kier molecular flexibility index (Phi) is 3.01. The van der Waals surface area contributed by atoms with Crippen molar-refractivity contribution in [2.45, 2.75) is 0 Å². The summed E-state index contributed by atoms with van der Waals surface area (Å²) in [5.41, 5.74) is 2.02. The quantitative estimate of drug-likeness (QED) is 0.800. The summed E-state index contributed by atoms with van der Waals surface area (Å²) >= 11 is 0. The fourth-order valence-corrected chi connectivity index (χ4v) is 2.45. The number of hydrogen-bond donors (Lipinski definition) is 1. The van der Waals surface area contributed by atoms with Gasteiger partial charge in [0.05, 0.1) is 11.4 Å². The van der Waals surface area contributed by atoms with E-state index in [1.165, 1.54) is 0 Å². The zero-order valence-electron chi connectivity index (χ0n) is 11.9. The summed E-state index contributed by atoms with van der Waals surface area (Å²) in [5, 5.41) is 10.4. The van der Waals surface area contributed by atoms with E-state index in [9.17, 15) is 0 Å². The molecule has 5 nitrogen and oxygen atoms in total. The Balaban J connectivity index is 1.78. The molecule has 0 atom stereocenters. The second-order valence-corrected chi connectivity index (χ2v) is 4.88. The third-order valence-electron chi connectivity index (χ3n) is 3.46. The van der Waals surface area contributed by atoms with Crippen molar-refractivity contribution in [2.75, 3.05) is 15.2 Å². The maximum absolute atomic E-state index is 4.54. The normalized spacial score (nSPS) is 13.9. The fourth-order valence-electron chi connectivity index (χ4n) is 2.45. The number of para-hydroxylation sites is 2. The van der Waals surface area contributed by atoms with Gasteiger partial charge < -0.3 is 4.98 Å². The van der Waals surface area contributed by atoms with E-state index < -0.39 is 0 Å². The van der Waals surface area contributed by atoms with Gasteiger partial charge in [0, 0.05) is 6.20 Å². The summed E-state index contributed by atoms with van der Waals surface area (Å²) in [4.78, 5) is 3.22. The van der Waals surface area contributed by atoms with E-state index in [-0.39, 0.29) is 0 Å². The van der Waals surface area contributed by atoms with Crippen molar-refractivity contribution >= 4 is 23.5 Å². The van der Waals surface area contributed by atoms with Crippen LogP contribution in [0.25, 0.3) is 0 Å². The smallest absolute Gasteiger partial charge is 0.141 e. The second-order valence-electron chi connectivity index (χ2n) is 4.88. The molecule has 0 saturated heterocycles. The molecular formula is C17H15N5. The van der Waals surface area contributed by atoms with Gasteiger partial charge in [-0.25, -0.2) is 5.01 Å². The Labute approximate surface area is 128 Å². The van der Waals surface area contributed by atoms with Gasteiger partial charge in [0.15, 0.2) is 0 Å². The molecule has 2 aromatic carbocycles. The van der Waals surface area contributed by atoms with Crippen LogP contribution in [0.5, 0.6) is 0 Å². The van der Waals surface area contributed by atoms with E-state index in [1.54, 1.807) is 6.34 Å². The predicted octanol–water partition coefficient (Wildman–Crippen LogP) is 3.62. The summed E-state index contributed by atoms with van der Waals surface area (Å²) in [6.07, 6.45) is 3.70. The molecule has 4 rings (SSSR count). The Hall–Kier alpha value is -3.21. The van der Waals surface area contributed by atoms with Gasteiger partial charge in [-0.15, -0.1) is 5.10 Å². The van der Waals surface area contributed by atoms with Crippen LogP contribution in [0.3, 0.4) is 0 Å². The Bertz CT molecular complexity index is 752. The zero-order valence-corrected chi connectivity index (χ0v) is 11.9. The van der Waals surface area contributed by atoms with Crippen LogP contribution in [-0.4, -0.2) is 11.3 Å². The first kappa shape index (κ1) is 12.5. The van der Waals surface area contributed by atoms with Crippen LogP contribution in [-0.2, 0) is 0 Å². The van der Waals surface area contributed by atoms with Crippen LogP contribution < -0.4 is 15.2 Å². The van der Waals surface area contributed by atoms with Crippen molar-refractivity contribution in [1.82, 2.24) is 4.98 Å². The first-order valence-electron chi connectivity index (χ1n) is 7.10. The number of aromatic nitrogens is 1. The van der Waals surface area contributed by atoms with Gasteiger partial charge in [-0.2, -0.15) is 10.2 Å². The molecule has 0 bridgehead atoms. The minimum Gasteiger partial charge on any atom is -0.347 e. The molecule has 1 N–H and O–H groups in total. The van der Waals surface area contributed by atoms with Crippen LogP contribution in [0, 0.1) is 0 Å². The van der Waals surface area contributed by atoms with Crippen LogP contribution >= 0.6 is 0 Å². The van der Waals surface area contributed by atoms with Crippen molar-refractivity contribution in [3.63, 3.8) is 0 Å². The highest BCUT2D eigenvalue weighted by Crippen LogP contribution is 2.29. The van der Waals surface area contributed by atoms with Crippen molar-refractivity contribution in [3.05, 3.63) is 79.0 Å². The first-order chi connectivity index (χ1) is 10.9. The maximum Gasteiger partial charge on any atom is 0.141 e. The van der Waals surface area contributed by atoms with E-state index in [2.05, 4.69) is 22.2 Å². The number of hydrazine groups is 2. The molecule has 108 valence electrons. The number of H-pyrrole nitrogens is 1. The molecule has 0 aliphatic carbocycles. The third kappa shape index (κ3) is 2.09. The average molecular weight is 289 g/mol. The minimum absolute atomic E-state index is 0.950. The molecule has 1 aliphatic heterocycles. The lowest BCUT2D eigenvalue weighted by molar-refractivity contribution is 0.813. The van der Waals surface area contributed by atoms with E-state index in [4.69, 9.17) is 0 Å². The van der Waals surface area contributed by atoms with Gasteiger partial charge >= 0.3 is 0 Å². The molecule has 3 aromatic rings. The highest BCUT2D eigenvalue weighted by molar-refractivity contribution is 5.87. The molecule has 1 aliphatic rings. The van der Waals surface area contributed by atoms with E-state index in [0.29, 0.717) is 0 Å². The SMILES string of the molecule is C1=NN(c2ccccc2)N(c2ccccc2)N1c1ccc[nH]1. The first-order valence-corrected chi connectivity index (χ1v) is 7.10. The van der Waals surface area contributed by atoms with Gasteiger partial charge in [-0.3, -0.25) is 0 Å². The average Bonchev–Trinajstić information content (AvgIpc) is 3.25. The van der Waals surface area contributed by atoms with Crippen LogP contribution in [0.15, 0.2) is 84.1 Å². The van der Waals surface area contributed by atoms with Gasteiger partial charge in [0.25, 0.3) is 0 Å². The Morgan fingerprint density at radius 1 is 0.727 bits per heavy atom. The summed E-state index contributed by atoms with van der Waals surface area (Å²) < 4.78 is 0. The molecule has 2 heterocycles. The molecule has 0 spiro atoms. The maximum atomic E-state index is 4.54. The van der Waals surface area contributed by atoms with Crippen molar-refractivity contribution in [1.29, 1.82) is 0 Å². The summed E-state index contributed by atoms with van der Waals surface area (Å²) in [6.45, 7) is 0. The van der Waals surface area contributed by atoms with E-state index in [0.717, 1.165) is 17.2 Å². The van der Waals surface area contributed by atoms with Gasteiger partial charge in [0.1, 0.15) is 12.2 Å². The summed E-state index contributed by atoms with van der Waals surface area (Å²) in [7, 11) is 0. The van der Waals surface area contributed by atoms with Crippen molar-refractivity contribution < 1.29 is 0 Å². The number of aromatic amines is 1. The van der Waals surface area contributed by atoms with Crippen LogP contribution in [0.2, 0.25) is 0 Å². The molecule has 0 radical (unpaired) electrons. The lowest BCUT2D eigenvalue weighted by atomic mass is 10.3. The number of benzene rings is 2. The molecular weight excluding hydrogens is 274 g/mol. The zero-order chi connectivity index (χ0) is 14.8. The van der Waals surface area contributed by atoms with Crippen molar-refractivity contribution in [2.24, 2.45) is 5.10 Å². The standard InChI is InChI=1S/C17H15N5/c1-3-8-15(9-4-1)21-19-14-20(17-12-7-13-18-17)22(21)16-10-5-2-6-11-16/h1-14,18H. The van der Waals surface area contributed by atoms with E-state index >= 15 is 0 Å². The lowest BCUT2D eigenvalue weighted by Crippen LogP contribution is -2.46. The largest absolute Gasteiger partial charge is 0.347 e. The molecule has 0 unspecified atom stereocenters. The highest BCUT2D eigenvalue weighted by Gasteiger charge is 2.28. The molecule has 0 amide bonds. The second kappa shape index (κ2) is 5.29. The van der Waals surface area contributed by atoms with Crippen molar-refractivity contribution in [3.8, 4) is 0 Å². The monoisotopic (exact) mass is 289 g/mol. The summed E-state index contributed by atoms with van der Waals surface area (Å²) in [5.74, 6) is 0.950. The molecule has 22 heavy (non-hydrogen) atoms. The molecule has 1 aromatic heterocycles. The topological polar surface area (TPSA) is 37.9 Å². The number of hydrogen-bond acceptors (Lipinski definition) is 4. The molecule has 5 heteroatoms. The predicted molar refractivity (Wildman–Crippen MR) is 89.6 cm³/mol. The van der Waals surface area contributed by atoms with Crippen LogP contribution in [0.4, 0.5) is 17.2 Å². The van der Waals surface area contributed by atoms with Gasteiger partial charge in [-0.05, 0) is 36.4 Å². The number of rotatable bonds is 3. The minimum atomic E-state index is 0.950. The number of nitrogens with zero attached hydrogens (tertiary/aromatic N) is 4. The van der Waals surface area contributed by atoms with E-state index in [1.807, 2.05) is 82.1 Å². The van der Waals surface area contributed by atoms with Gasteiger partial charge in [-0.1, -0.05) is 36.4 Å². The Morgan fingerprint density at radius 3 is 2.05 bits per heavy atom. The van der Waals surface area contributed by atoms with Gasteiger partial charge in [0.2, 0.25) is 0 Å². The lowest BCUT2D eigenvalue weighted by Gasteiger charge is -2.33. The third-order valence-corrected chi connectivity index (χ3v) is 3.46. The summed E-state index contributed by atoms with van der Waals surface area (Å²) in [6, 6.07) is 24.2. The number of hydrazone groups is 1. The molecule has 0 fully saturated rings. The van der Waals surface area contributed by atoms with Crippen LogP contribution in [0.1, 0.15) is 0 Å². The Morgan fingerprint density at radius 2 is 1.41 bits per heavy atom. The number of nitrogens with one attached hydrogen (secondary N) is 1.